The van der Waals surface area contributed by atoms with Gasteiger partial charge in [-0.1, -0.05) is 0 Å². The summed E-state index contributed by atoms with van der Waals surface area (Å²) in [5, 5.41) is 22.0. The molecule has 6 N–H and O–H groups in total. The van der Waals surface area contributed by atoms with Crippen LogP contribution in [-0.2, 0) is 0 Å². The maximum Gasteiger partial charge on any atom is 0.256 e. The van der Waals surface area contributed by atoms with E-state index in [2.05, 4.69) is 10.6 Å². The molecule has 3 rings (SSSR count). The number of nitrogens with one attached hydrogen (secondary N) is 4. The Hall–Kier alpha value is -3.87. The third-order valence-electron chi connectivity index (χ3n) is 4.86. The molecule has 0 aliphatic carbocycles. The highest BCUT2D eigenvalue weighted by atomic mass is 16.3. The topological polar surface area (TPSA) is 128 Å². The van der Waals surface area contributed by atoms with E-state index in [0.717, 1.165) is 16.8 Å². The molecule has 7 nitrogen and oxygen atoms in total. The third-order valence-corrected chi connectivity index (χ3v) is 4.86. The predicted molar refractivity (Wildman–Crippen MR) is 117 cm³/mol. The molecule has 3 aromatic rings. The van der Waals surface area contributed by atoms with E-state index in [-0.39, 0.29) is 11.6 Å². The van der Waals surface area contributed by atoms with Crippen molar-refractivity contribution in [2.24, 2.45) is 0 Å². The molecule has 0 spiro atoms. The van der Waals surface area contributed by atoms with Gasteiger partial charge in [-0.15, -0.1) is 0 Å². The highest BCUT2D eigenvalue weighted by molar-refractivity contribution is 6.15. The van der Waals surface area contributed by atoms with Crippen LogP contribution >= 0.6 is 0 Å². The first kappa shape index (κ1) is 19.9. The Morgan fingerprint density at radius 2 is 1.97 bits per heavy atom. The van der Waals surface area contributed by atoms with Gasteiger partial charge in [0, 0.05) is 52.6 Å². The van der Waals surface area contributed by atoms with Gasteiger partial charge in [-0.3, -0.25) is 10.2 Å². The summed E-state index contributed by atoms with van der Waals surface area (Å²) in [5.41, 5.74) is 11.8. The Morgan fingerprint density at radius 1 is 1.21 bits per heavy atom. The molecular formula is C22H23N5O2. The van der Waals surface area contributed by atoms with Gasteiger partial charge in [0.25, 0.3) is 5.91 Å². The monoisotopic (exact) mass is 389 g/mol. The van der Waals surface area contributed by atoms with Crippen molar-refractivity contribution in [3.05, 3.63) is 76.2 Å². The molecule has 1 heterocycles. The van der Waals surface area contributed by atoms with Crippen molar-refractivity contribution in [2.45, 2.75) is 13.8 Å². The average Bonchev–Trinajstić information content (AvgIpc) is 3.23. The van der Waals surface area contributed by atoms with Crippen LogP contribution < -0.4 is 16.4 Å². The summed E-state index contributed by atoms with van der Waals surface area (Å²) in [7, 11) is 1.78. The van der Waals surface area contributed by atoms with Gasteiger partial charge in [-0.2, -0.15) is 0 Å². The van der Waals surface area contributed by atoms with E-state index in [9.17, 15) is 4.79 Å². The molecule has 0 bridgehead atoms. The fourth-order valence-electron chi connectivity index (χ4n) is 3.35. The minimum Gasteiger partial charge on any atom is -0.472 e. The van der Waals surface area contributed by atoms with Crippen LogP contribution in [0, 0.1) is 24.7 Å². The van der Waals surface area contributed by atoms with E-state index in [1.165, 1.54) is 18.7 Å². The fraction of sp³-hybridized carbons (Fsp3) is 0.136. The van der Waals surface area contributed by atoms with Gasteiger partial charge in [0.05, 0.1) is 18.2 Å². The summed E-state index contributed by atoms with van der Waals surface area (Å²) in [5.74, 6) is -0.281. The number of amides is 1. The molecule has 0 saturated heterocycles. The molecule has 0 aliphatic heterocycles. The molecule has 0 radical (unpaired) electrons. The van der Waals surface area contributed by atoms with E-state index < -0.39 is 0 Å². The maximum atomic E-state index is 13.0. The lowest BCUT2D eigenvalue weighted by Gasteiger charge is -2.17. The van der Waals surface area contributed by atoms with Crippen LogP contribution in [0.4, 0.5) is 17.1 Å². The largest absolute Gasteiger partial charge is 0.472 e. The molecule has 1 aromatic heterocycles. The standard InChI is InChI=1S/C22H23N5O2/c1-12-8-19(26-3)17(10-23)13(2)20(12)22(28)27-15-4-5-18(24)16(9-15)21(25)14-6-7-29-11-14/h4-11,23,25-26H,24H2,1-3H3,(H,27,28). The molecule has 1 amide bonds. The van der Waals surface area contributed by atoms with E-state index in [0.29, 0.717) is 33.6 Å². The van der Waals surface area contributed by atoms with Crippen LogP contribution in [-0.4, -0.2) is 24.9 Å². The number of nitrogen functional groups attached to an aromatic ring is 1. The zero-order valence-electron chi connectivity index (χ0n) is 16.5. The van der Waals surface area contributed by atoms with Crippen LogP contribution in [0.3, 0.4) is 0 Å². The number of nitrogens with two attached hydrogens (primary N) is 1. The van der Waals surface area contributed by atoms with E-state index in [1.807, 2.05) is 19.9 Å². The number of anilines is 3. The van der Waals surface area contributed by atoms with Gasteiger partial charge in [-0.25, -0.2) is 0 Å². The van der Waals surface area contributed by atoms with Gasteiger partial charge >= 0.3 is 0 Å². The van der Waals surface area contributed by atoms with Crippen LogP contribution in [0.15, 0.2) is 47.3 Å². The zero-order valence-corrected chi connectivity index (χ0v) is 16.5. The fourth-order valence-corrected chi connectivity index (χ4v) is 3.35. The molecule has 0 atom stereocenters. The summed E-state index contributed by atoms with van der Waals surface area (Å²) in [6, 6.07) is 8.57. The molecule has 7 heteroatoms. The second-order valence-corrected chi connectivity index (χ2v) is 6.69. The van der Waals surface area contributed by atoms with E-state index in [1.54, 1.807) is 31.3 Å². The number of rotatable bonds is 6. The van der Waals surface area contributed by atoms with Crippen LogP contribution in [0.5, 0.6) is 0 Å². The van der Waals surface area contributed by atoms with Crippen molar-refractivity contribution in [1.29, 1.82) is 10.8 Å². The molecular weight excluding hydrogens is 366 g/mol. The Balaban J connectivity index is 1.95. The first-order valence-electron chi connectivity index (χ1n) is 9.02. The van der Waals surface area contributed by atoms with Crippen LogP contribution in [0.25, 0.3) is 0 Å². The number of carbonyl (C=O) groups is 1. The Labute approximate surface area is 169 Å². The molecule has 2 aromatic carbocycles. The normalized spacial score (nSPS) is 10.4. The van der Waals surface area contributed by atoms with Crippen molar-refractivity contribution >= 4 is 34.9 Å². The van der Waals surface area contributed by atoms with Crippen LogP contribution in [0.2, 0.25) is 0 Å². The van der Waals surface area contributed by atoms with Crippen molar-refractivity contribution < 1.29 is 9.21 Å². The predicted octanol–water partition coefficient (Wildman–Crippen LogP) is 4.19. The quantitative estimate of drug-likeness (QED) is 0.320. The number of aryl methyl sites for hydroxylation is 1. The molecule has 0 aliphatic rings. The first-order valence-corrected chi connectivity index (χ1v) is 9.02. The molecule has 0 fully saturated rings. The van der Waals surface area contributed by atoms with Gasteiger partial charge < -0.3 is 26.2 Å². The lowest BCUT2D eigenvalue weighted by atomic mass is 9.95. The summed E-state index contributed by atoms with van der Waals surface area (Å²) < 4.78 is 5.04. The Kier molecular flexibility index (Phi) is 5.50. The van der Waals surface area contributed by atoms with Crippen molar-refractivity contribution in [3.8, 4) is 0 Å². The highest BCUT2D eigenvalue weighted by Crippen LogP contribution is 2.27. The SMILES string of the molecule is CNc1cc(C)c(C(=O)Nc2ccc(N)c(C(=N)c3ccoc3)c2)c(C)c1C=N. The molecule has 0 saturated carbocycles. The highest BCUT2D eigenvalue weighted by Gasteiger charge is 2.18. The van der Waals surface area contributed by atoms with Crippen molar-refractivity contribution in [2.75, 3.05) is 23.4 Å². The number of hydrogen-bond donors (Lipinski definition) is 5. The molecule has 29 heavy (non-hydrogen) atoms. The second-order valence-electron chi connectivity index (χ2n) is 6.69. The summed E-state index contributed by atoms with van der Waals surface area (Å²) in [4.78, 5) is 13.0. The Bertz CT molecular complexity index is 1100. The minimum atomic E-state index is -0.281. The summed E-state index contributed by atoms with van der Waals surface area (Å²) in [6.45, 7) is 3.69. The van der Waals surface area contributed by atoms with Gasteiger partial charge in [0.2, 0.25) is 0 Å². The van der Waals surface area contributed by atoms with Crippen molar-refractivity contribution in [1.82, 2.24) is 0 Å². The maximum absolute atomic E-state index is 13.0. The van der Waals surface area contributed by atoms with E-state index in [4.69, 9.17) is 21.0 Å². The number of hydrogen-bond acceptors (Lipinski definition) is 6. The first-order chi connectivity index (χ1) is 13.9. The third kappa shape index (κ3) is 3.75. The number of benzene rings is 2. The lowest BCUT2D eigenvalue weighted by molar-refractivity contribution is 0.102. The molecule has 0 unspecified atom stereocenters. The molecule has 148 valence electrons. The van der Waals surface area contributed by atoms with E-state index >= 15 is 0 Å². The lowest BCUT2D eigenvalue weighted by Crippen LogP contribution is -2.17. The van der Waals surface area contributed by atoms with Crippen molar-refractivity contribution in [3.63, 3.8) is 0 Å². The van der Waals surface area contributed by atoms with Crippen LogP contribution in [0.1, 0.15) is 38.2 Å². The zero-order chi connectivity index (χ0) is 21.1. The average molecular weight is 389 g/mol. The Morgan fingerprint density at radius 3 is 2.59 bits per heavy atom. The summed E-state index contributed by atoms with van der Waals surface area (Å²) in [6.07, 6.45) is 4.21. The summed E-state index contributed by atoms with van der Waals surface area (Å²) >= 11 is 0. The van der Waals surface area contributed by atoms with Gasteiger partial charge in [0.15, 0.2) is 0 Å². The number of furan rings is 1. The minimum absolute atomic E-state index is 0.212. The van der Waals surface area contributed by atoms with Gasteiger partial charge in [-0.05, 0) is 55.3 Å². The smallest absolute Gasteiger partial charge is 0.256 e. The second kappa shape index (κ2) is 8.02. The number of carbonyl (C=O) groups excluding carboxylic acids is 1. The van der Waals surface area contributed by atoms with Gasteiger partial charge in [0.1, 0.15) is 0 Å².